The van der Waals surface area contributed by atoms with E-state index in [1.54, 1.807) is 6.20 Å². The molecule has 5 heteroatoms. The first kappa shape index (κ1) is 16.1. The van der Waals surface area contributed by atoms with E-state index in [0.717, 1.165) is 31.6 Å². The highest BCUT2D eigenvalue weighted by atomic mass is 32.2. The summed E-state index contributed by atoms with van der Waals surface area (Å²) in [7, 11) is 0. The average Bonchev–Trinajstić information content (AvgIpc) is 2.93. The molecular weight excluding hydrogens is 282 g/mol. The second kappa shape index (κ2) is 8.27. The number of hydrogen-bond acceptors (Lipinski definition) is 4. The molecule has 0 aromatic carbocycles. The Kier molecular flexibility index (Phi) is 6.36. The molecule has 0 bridgehead atoms. The molecule has 1 amide bonds. The van der Waals surface area contributed by atoms with Gasteiger partial charge in [-0.2, -0.15) is 11.8 Å². The fourth-order valence-corrected chi connectivity index (χ4v) is 3.84. The maximum Gasteiger partial charge on any atom is 0.255 e. The lowest BCUT2D eigenvalue weighted by atomic mass is 10.2. The highest BCUT2D eigenvalue weighted by Crippen LogP contribution is 2.30. The van der Waals surface area contributed by atoms with Crippen molar-refractivity contribution in [3.05, 3.63) is 23.9 Å². The van der Waals surface area contributed by atoms with Gasteiger partial charge in [-0.05, 0) is 43.6 Å². The fourth-order valence-electron chi connectivity index (χ4n) is 2.69. The van der Waals surface area contributed by atoms with Crippen LogP contribution < -0.4 is 10.6 Å². The number of aromatic nitrogens is 1. The lowest BCUT2D eigenvalue weighted by Gasteiger charge is -2.15. The maximum absolute atomic E-state index is 12.5. The van der Waals surface area contributed by atoms with E-state index in [9.17, 15) is 4.79 Å². The van der Waals surface area contributed by atoms with Crippen molar-refractivity contribution < 1.29 is 4.79 Å². The number of carbonyl (C=O) groups is 1. The lowest BCUT2D eigenvalue weighted by molar-refractivity contribution is 0.0938. The Hall–Kier alpha value is -1.23. The topological polar surface area (TPSA) is 54.0 Å². The van der Waals surface area contributed by atoms with Crippen LogP contribution in [0, 0.1) is 0 Å². The first-order valence-electron chi connectivity index (χ1n) is 7.86. The van der Waals surface area contributed by atoms with E-state index >= 15 is 0 Å². The van der Waals surface area contributed by atoms with Crippen LogP contribution in [-0.2, 0) is 0 Å². The van der Waals surface area contributed by atoms with Crippen molar-refractivity contribution in [3.63, 3.8) is 0 Å². The SMILES string of the molecule is CCCNc1ncccc1C(=O)NC1CCC(SCC)C1. The minimum absolute atomic E-state index is 0.00569. The molecule has 1 saturated carbocycles. The number of amides is 1. The standard InChI is InChI=1S/C16H25N3OS/c1-3-9-17-15-14(6-5-10-18-15)16(20)19-12-7-8-13(11-12)21-4-2/h5-6,10,12-13H,3-4,7-9,11H2,1-2H3,(H,17,18)(H,19,20). The Balaban J connectivity index is 1.94. The summed E-state index contributed by atoms with van der Waals surface area (Å²) in [6.45, 7) is 5.12. The number of anilines is 1. The Morgan fingerprint density at radius 3 is 3.05 bits per heavy atom. The molecule has 0 spiro atoms. The van der Waals surface area contributed by atoms with E-state index in [1.165, 1.54) is 6.42 Å². The van der Waals surface area contributed by atoms with Crippen LogP contribution in [0.5, 0.6) is 0 Å². The zero-order valence-corrected chi connectivity index (χ0v) is 13.7. The molecule has 2 N–H and O–H groups in total. The van der Waals surface area contributed by atoms with E-state index in [0.29, 0.717) is 22.7 Å². The number of hydrogen-bond donors (Lipinski definition) is 2. The van der Waals surface area contributed by atoms with Gasteiger partial charge in [0.1, 0.15) is 5.82 Å². The zero-order valence-electron chi connectivity index (χ0n) is 12.9. The maximum atomic E-state index is 12.5. The number of nitrogens with zero attached hydrogens (tertiary/aromatic N) is 1. The smallest absolute Gasteiger partial charge is 0.255 e. The van der Waals surface area contributed by atoms with Crippen molar-refractivity contribution in [2.24, 2.45) is 0 Å². The minimum Gasteiger partial charge on any atom is -0.369 e. The van der Waals surface area contributed by atoms with E-state index in [2.05, 4.69) is 29.5 Å². The number of thioether (sulfide) groups is 1. The molecule has 4 nitrogen and oxygen atoms in total. The molecule has 2 rings (SSSR count). The second-order valence-corrected chi connectivity index (χ2v) is 6.96. The number of rotatable bonds is 7. The van der Waals surface area contributed by atoms with Crippen molar-refractivity contribution in [3.8, 4) is 0 Å². The highest BCUT2D eigenvalue weighted by molar-refractivity contribution is 7.99. The van der Waals surface area contributed by atoms with E-state index in [4.69, 9.17) is 0 Å². The van der Waals surface area contributed by atoms with Gasteiger partial charge in [-0.3, -0.25) is 4.79 Å². The van der Waals surface area contributed by atoms with Gasteiger partial charge in [-0.1, -0.05) is 13.8 Å². The first-order valence-corrected chi connectivity index (χ1v) is 8.90. The summed E-state index contributed by atoms with van der Waals surface area (Å²) in [5.74, 6) is 1.84. The first-order chi connectivity index (χ1) is 10.2. The Labute approximate surface area is 131 Å². The van der Waals surface area contributed by atoms with Gasteiger partial charge in [-0.15, -0.1) is 0 Å². The molecule has 0 aliphatic heterocycles. The van der Waals surface area contributed by atoms with Crippen LogP contribution in [-0.4, -0.2) is 34.5 Å². The third-order valence-corrected chi connectivity index (χ3v) is 4.95. The summed E-state index contributed by atoms with van der Waals surface area (Å²) < 4.78 is 0. The Morgan fingerprint density at radius 2 is 2.29 bits per heavy atom. The summed E-state index contributed by atoms with van der Waals surface area (Å²) in [4.78, 5) is 16.7. The second-order valence-electron chi connectivity index (χ2n) is 5.39. The predicted octanol–water partition coefficient (Wildman–Crippen LogP) is 3.31. The van der Waals surface area contributed by atoms with Gasteiger partial charge in [0.2, 0.25) is 0 Å². The third kappa shape index (κ3) is 4.63. The molecule has 116 valence electrons. The van der Waals surface area contributed by atoms with Crippen LogP contribution in [0.1, 0.15) is 49.9 Å². The molecule has 1 aliphatic carbocycles. The molecule has 2 atom stereocenters. The van der Waals surface area contributed by atoms with Crippen LogP contribution >= 0.6 is 11.8 Å². The molecule has 0 saturated heterocycles. The molecular formula is C16H25N3OS. The quantitative estimate of drug-likeness (QED) is 0.811. The van der Waals surface area contributed by atoms with E-state index in [1.807, 2.05) is 23.9 Å². The van der Waals surface area contributed by atoms with Gasteiger partial charge in [0.15, 0.2) is 0 Å². The van der Waals surface area contributed by atoms with Crippen molar-refractivity contribution in [2.45, 2.75) is 50.8 Å². The van der Waals surface area contributed by atoms with E-state index < -0.39 is 0 Å². The van der Waals surface area contributed by atoms with Gasteiger partial charge < -0.3 is 10.6 Å². The summed E-state index contributed by atoms with van der Waals surface area (Å²) >= 11 is 2.00. The molecule has 1 aromatic rings. The number of pyridine rings is 1. The summed E-state index contributed by atoms with van der Waals surface area (Å²) in [5, 5.41) is 7.09. The van der Waals surface area contributed by atoms with Crippen LogP contribution in [0.25, 0.3) is 0 Å². The molecule has 21 heavy (non-hydrogen) atoms. The molecule has 1 aliphatic rings. The van der Waals surface area contributed by atoms with Crippen LogP contribution in [0.3, 0.4) is 0 Å². The normalized spacial score (nSPS) is 21.2. The highest BCUT2D eigenvalue weighted by Gasteiger charge is 2.26. The monoisotopic (exact) mass is 307 g/mol. The van der Waals surface area contributed by atoms with Crippen LogP contribution in [0.15, 0.2) is 18.3 Å². The lowest BCUT2D eigenvalue weighted by Crippen LogP contribution is -2.33. The Bertz CT molecular complexity index is 467. The Morgan fingerprint density at radius 1 is 1.43 bits per heavy atom. The molecule has 1 heterocycles. The molecule has 1 fully saturated rings. The molecule has 2 unspecified atom stereocenters. The largest absolute Gasteiger partial charge is 0.369 e. The average molecular weight is 307 g/mol. The van der Waals surface area contributed by atoms with Gasteiger partial charge in [0, 0.05) is 24.0 Å². The van der Waals surface area contributed by atoms with Crippen LogP contribution in [0.2, 0.25) is 0 Å². The molecule has 0 radical (unpaired) electrons. The van der Waals surface area contributed by atoms with Gasteiger partial charge in [-0.25, -0.2) is 4.98 Å². The van der Waals surface area contributed by atoms with E-state index in [-0.39, 0.29) is 5.91 Å². The summed E-state index contributed by atoms with van der Waals surface area (Å²) in [6, 6.07) is 3.96. The zero-order chi connectivity index (χ0) is 15.1. The van der Waals surface area contributed by atoms with Gasteiger partial charge in [0.05, 0.1) is 5.56 Å². The van der Waals surface area contributed by atoms with Gasteiger partial charge in [0.25, 0.3) is 5.91 Å². The number of nitrogens with one attached hydrogen (secondary N) is 2. The number of carbonyl (C=O) groups excluding carboxylic acids is 1. The van der Waals surface area contributed by atoms with Crippen molar-refractivity contribution in [1.82, 2.24) is 10.3 Å². The van der Waals surface area contributed by atoms with Crippen LogP contribution in [0.4, 0.5) is 5.82 Å². The summed E-state index contributed by atoms with van der Waals surface area (Å²) in [6.07, 6.45) is 6.11. The minimum atomic E-state index is -0.00569. The van der Waals surface area contributed by atoms with Gasteiger partial charge >= 0.3 is 0 Å². The van der Waals surface area contributed by atoms with Crippen molar-refractivity contribution >= 4 is 23.5 Å². The van der Waals surface area contributed by atoms with Crippen molar-refractivity contribution in [2.75, 3.05) is 17.6 Å². The third-order valence-electron chi connectivity index (χ3n) is 3.72. The summed E-state index contributed by atoms with van der Waals surface area (Å²) in [5.41, 5.74) is 0.651. The molecule has 1 aromatic heterocycles. The van der Waals surface area contributed by atoms with Crippen molar-refractivity contribution in [1.29, 1.82) is 0 Å². The fraction of sp³-hybridized carbons (Fsp3) is 0.625. The predicted molar refractivity (Wildman–Crippen MR) is 90.0 cm³/mol.